The second kappa shape index (κ2) is 12.4. The molecule has 0 aliphatic rings. The van der Waals surface area contributed by atoms with E-state index in [-0.39, 0.29) is 18.9 Å². The van der Waals surface area contributed by atoms with E-state index in [1.165, 1.54) is 11.9 Å². The molecule has 0 aliphatic heterocycles. The second-order valence-electron chi connectivity index (χ2n) is 9.03. The van der Waals surface area contributed by atoms with E-state index >= 15 is 0 Å². The quantitative estimate of drug-likeness (QED) is 0.386. The van der Waals surface area contributed by atoms with Crippen LogP contribution in [0.15, 0.2) is 77.3 Å². The number of nitrogens with one attached hydrogen (secondary N) is 1. The zero-order valence-corrected chi connectivity index (χ0v) is 23.8. The van der Waals surface area contributed by atoms with Crippen molar-refractivity contribution in [3.8, 4) is 0 Å². The molecule has 9 heteroatoms. The van der Waals surface area contributed by atoms with Crippen molar-refractivity contribution in [2.75, 3.05) is 24.2 Å². The number of likely N-dealkylation sites (N-methyl/N-ethyl adjacent to an activating group) is 1. The van der Waals surface area contributed by atoms with E-state index < -0.39 is 28.5 Å². The number of amides is 2. The topological polar surface area (TPSA) is 86.8 Å². The first-order chi connectivity index (χ1) is 17.5. The fraction of sp³-hybridized carbons (Fsp3) is 0.286. The molecule has 0 saturated heterocycles. The van der Waals surface area contributed by atoms with Gasteiger partial charge in [0.05, 0.1) is 11.9 Å². The molecule has 0 fully saturated rings. The summed E-state index contributed by atoms with van der Waals surface area (Å²) in [4.78, 5) is 28.5. The molecule has 0 spiro atoms. The van der Waals surface area contributed by atoms with Crippen LogP contribution in [0.25, 0.3) is 0 Å². The Morgan fingerprint density at radius 3 is 2.16 bits per heavy atom. The molecule has 2 amide bonds. The Hall–Kier alpha value is -3.17. The van der Waals surface area contributed by atoms with Crippen molar-refractivity contribution in [3.05, 3.63) is 99.5 Å². The van der Waals surface area contributed by atoms with E-state index in [4.69, 9.17) is 0 Å². The number of hydrogen-bond donors (Lipinski definition) is 1. The molecule has 3 aromatic rings. The molecule has 1 N–H and O–H groups in total. The van der Waals surface area contributed by atoms with Gasteiger partial charge < -0.3 is 10.2 Å². The summed E-state index contributed by atoms with van der Waals surface area (Å²) >= 11 is 3.42. The van der Waals surface area contributed by atoms with Crippen molar-refractivity contribution in [3.63, 3.8) is 0 Å². The van der Waals surface area contributed by atoms with Crippen LogP contribution in [-0.4, -0.2) is 51.0 Å². The zero-order chi connectivity index (χ0) is 27.2. The number of nitrogens with zero attached hydrogens (tertiary/aromatic N) is 2. The predicted molar refractivity (Wildman–Crippen MR) is 151 cm³/mol. The number of sulfonamides is 1. The SMILES string of the molecule is CNC(=O)[C@H](Cc1ccccc1)N(Cc1ccc(Br)cc1)C(=O)CN(c1ccc(C)cc1C)S(C)(=O)=O. The van der Waals surface area contributed by atoms with Gasteiger partial charge in [0.25, 0.3) is 0 Å². The molecule has 0 aliphatic carbocycles. The van der Waals surface area contributed by atoms with Crippen molar-refractivity contribution in [1.29, 1.82) is 0 Å². The standard InChI is InChI=1S/C28H32BrN3O4S/c1-20-10-15-25(21(2)16-20)32(37(4,35)36)19-27(33)31(18-23-11-13-24(29)14-12-23)26(28(34)30-3)17-22-8-6-5-7-9-22/h5-16,26H,17-19H2,1-4H3,(H,30,34)/t26-/m0/s1. The van der Waals surface area contributed by atoms with Gasteiger partial charge in [0, 0.05) is 24.5 Å². The molecule has 3 aromatic carbocycles. The molecule has 7 nitrogen and oxygen atoms in total. The number of carbonyl (C=O) groups is 2. The van der Waals surface area contributed by atoms with Gasteiger partial charge in [-0.3, -0.25) is 13.9 Å². The Morgan fingerprint density at radius 1 is 0.946 bits per heavy atom. The summed E-state index contributed by atoms with van der Waals surface area (Å²) in [6.45, 7) is 3.45. The van der Waals surface area contributed by atoms with Crippen LogP contribution in [0.3, 0.4) is 0 Å². The molecular formula is C28H32BrN3O4S. The van der Waals surface area contributed by atoms with Crippen molar-refractivity contribution >= 4 is 43.5 Å². The Bertz CT molecular complexity index is 1350. The van der Waals surface area contributed by atoms with E-state index in [9.17, 15) is 18.0 Å². The molecule has 0 bridgehead atoms. The lowest BCUT2D eigenvalue weighted by atomic mass is 10.0. The summed E-state index contributed by atoms with van der Waals surface area (Å²) < 4.78 is 27.7. The van der Waals surface area contributed by atoms with Gasteiger partial charge in [0.15, 0.2) is 0 Å². The summed E-state index contributed by atoms with van der Waals surface area (Å²) in [6, 6.07) is 21.5. The molecule has 0 radical (unpaired) electrons. The average Bonchev–Trinajstić information content (AvgIpc) is 2.85. The highest BCUT2D eigenvalue weighted by Crippen LogP contribution is 2.25. The highest BCUT2D eigenvalue weighted by molar-refractivity contribution is 9.10. The van der Waals surface area contributed by atoms with E-state index in [0.29, 0.717) is 5.69 Å². The summed E-state index contributed by atoms with van der Waals surface area (Å²) in [5, 5.41) is 2.67. The molecule has 0 heterocycles. The number of rotatable bonds is 10. The molecule has 0 aromatic heterocycles. The maximum absolute atomic E-state index is 13.9. The van der Waals surface area contributed by atoms with Crippen molar-refractivity contribution in [1.82, 2.24) is 10.2 Å². The fourth-order valence-corrected chi connectivity index (χ4v) is 5.36. The molecule has 0 saturated carbocycles. The van der Waals surface area contributed by atoms with Crippen LogP contribution in [0, 0.1) is 13.8 Å². The minimum atomic E-state index is -3.79. The minimum absolute atomic E-state index is 0.140. The first-order valence-corrected chi connectivity index (χ1v) is 14.5. The number of aryl methyl sites for hydroxylation is 2. The smallest absolute Gasteiger partial charge is 0.244 e. The van der Waals surface area contributed by atoms with Crippen LogP contribution in [-0.2, 0) is 32.6 Å². The largest absolute Gasteiger partial charge is 0.357 e. The highest BCUT2D eigenvalue weighted by atomic mass is 79.9. The van der Waals surface area contributed by atoms with Gasteiger partial charge >= 0.3 is 0 Å². The Kier molecular flexibility index (Phi) is 9.50. The maximum Gasteiger partial charge on any atom is 0.244 e. The number of carbonyl (C=O) groups excluding carboxylic acids is 2. The summed E-state index contributed by atoms with van der Waals surface area (Å²) in [7, 11) is -2.26. The van der Waals surface area contributed by atoms with Crippen LogP contribution < -0.4 is 9.62 Å². The Balaban J connectivity index is 2.04. The monoisotopic (exact) mass is 585 g/mol. The van der Waals surface area contributed by atoms with Crippen LogP contribution in [0.4, 0.5) is 5.69 Å². The normalized spacial score (nSPS) is 12.0. The number of halogens is 1. The lowest BCUT2D eigenvalue weighted by Gasteiger charge is -2.33. The molecule has 0 unspecified atom stereocenters. The van der Waals surface area contributed by atoms with Crippen molar-refractivity contribution in [2.45, 2.75) is 32.9 Å². The number of anilines is 1. The van der Waals surface area contributed by atoms with E-state index in [2.05, 4.69) is 21.2 Å². The second-order valence-corrected chi connectivity index (χ2v) is 11.8. The van der Waals surface area contributed by atoms with Gasteiger partial charge in [0.1, 0.15) is 12.6 Å². The molecular weight excluding hydrogens is 554 g/mol. The fourth-order valence-electron chi connectivity index (χ4n) is 4.19. The van der Waals surface area contributed by atoms with E-state index in [0.717, 1.165) is 37.3 Å². The van der Waals surface area contributed by atoms with Gasteiger partial charge in [-0.2, -0.15) is 0 Å². The molecule has 3 rings (SSSR count). The Morgan fingerprint density at radius 2 is 1.59 bits per heavy atom. The Labute approximate surface area is 227 Å². The van der Waals surface area contributed by atoms with E-state index in [1.54, 1.807) is 6.07 Å². The van der Waals surface area contributed by atoms with Crippen LogP contribution in [0.2, 0.25) is 0 Å². The minimum Gasteiger partial charge on any atom is -0.357 e. The number of benzene rings is 3. The first-order valence-electron chi connectivity index (χ1n) is 11.8. The zero-order valence-electron chi connectivity index (χ0n) is 21.4. The predicted octanol–water partition coefficient (Wildman–Crippen LogP) is 4.22. The van der Waals surface area contributed by atoms with Gasteiger partial charge in [-0.05, 0) is 48.7 Å². The third kappa shape index (κ3) is 7.66. The molecule has 37 heavy (non-hydrogen) atoms. The van der Waals surface area contributed by atoms with Gasteiger partial charge in [-0.1, -0.05) is 76.1 Å². The molecule has 1 atom stereocenters. The van der Waals surface area contributed by atoms with Crippen LogP contribution in [0.1, 0.15) is 22.3 Å². The third-order valence-corrected chi connectivity index (χ3v) is 7.74. The van der Waals surface area contributed by atoms with Crippen LogP contribution >= 0.6 is 15.9 Å². The van der Waals surface area contributed by atoms with Gasteiger partial charge in [-0.15, -0.1) is 0 Å². The van der Waals surface area contributed by atoms with Crippen molar-refractivity contribution < 1.29 is 18.0 Å². The number of hydrogen-bond acceptors (Lipinski definition) is 4. The maximum atomic E-state index is 13.9. The average molecular weight is 587 g/mol. The summed E-state index contributed by atoms with van der Waals surface area (Å²) in [5.41, 5.74) is 3.87. The van der Waals surface area contributed by atoms with Crippen LogP contribution in [0.5, 0.6) is 0 Å². The summed E-state index contributed by atoms with van der Waals surface area (Å²) in [6.07, 6.45) is 1.37. The van der Waals surface area contributed by atoms with Crippen molar-refractivity contribution in [2.24, 2.45) is 0 Å². The third-order valence-electron chi connectivity index (χ3n) is 6.08. The van der Waals surface area contributed by atoms with Gasteiger partial charge in [0.2, 0.25) is 21.8 Å². The first kappa shape index (κ1) is 28.4. The van der Waals surface area contributed by atoms with E-state index in [1.807, 2.05) is 80.6 Å². The lowest BCUT2D eigenvalue weighted by molar-refractivity contribution is -0.139. The lowest BCUT2D eigenvalue weighted by Crippen LogP contribution is -2.53. The molecule has 196 valence electrons. The summed E-state index contributed by atoms with van der Waals surface area (Å²) in [5.74, 6) is -0.801. The highest BCUT2D eigenvalue weighted by Gasteiger charge is 2.32. The van der Waals surface area contributed by atoms with Gasteiger partial charge in [-0.25, -0.2) is 8.42 Å².